The highest BCUT2D eigenvalue weighted by Gasteiger charge is 2.17. The molecule has 0 saturated carbocycles. The third kappa shape index (κ3) is 3.44. The number of hydrogen-bond acceptors (Lipinski definition) is 4. The third-order valence-electron chi connectivity index (χ3n) is 4.70. The number of carbonyl (C=O) groups is 2. The maximum atomic E-state index is 12.4. The molecule has 0 aromatic carbocycles. The monoisotopic (exact) mass is 349 g/mol. The first-order valence-electron chi connectivity index (χ1n) is 8.66. The number of nitrogens with zero attached hydrogens (tertiary/aromatic N) is 2. The molecule has 2 aromatic heterocycles. The van der Waals surface area contributed by atoms with Crippen LogP contribution in [0.25, 0.3) is 11.6 Å². The van der Waals surface area contributed by atoms with Crippen molar-refractivity contribution < 1.29 is 14.0 Å². The number of carbonyl (C=O) groups excluding carboxylic acids is 2. The summed E-state index contributed by atoms with van der Waals surface area (Å²) in [7, 11) is 0. The topological polar surface area (TPSA) is 75.4 Å². The summed E-state index contributed by atoms with van der Waals surface area (Å²) in [6.45, 7) is 1.28. The molecule has 0 aliphatic carbocycles. The Labute approximate surface area is 151 Å². The third-order valence-corrected chi connectivity index (χ3v) is 4.70. The van der Waals surface area contributed by atoms with Crippen molar-refractivity contribution in [1.82, 2.24) is 9.88 Å². The Bertz CT molecular complexity index is 897. The highest BCUT2D eigenvalue weighted by Crippen LogP contribution is 2.23. The highest BCUT2D eigenvalue weighted by molar-refractivity contribution is 5.94. The van der Waals surface area contributed by atoms with Crippen LogP contribution >= 0.6 is 0 Å². The summed E-state index contributed by atoms with van der Waals surface area (Å²) in [5.74, 6) is 0.604. The lowest BCUT2D eigenvalue weighted by Crippen LogP contribution is -2.33. The minimum Gasteiger partial charge on any atom is -0.472 e. The molecule has 0 saturated heterocycles. The lowest BCUT2D eigenvalue weighted by molar-refractivity contribution is -0.125. The molecule has 26 heavy (non-hydrogen) atoms. The number of aromatic nitrogens is 1. The largest absolute Gasteiger partial charge is 0.472 e. The van der Waals surface area contributed by atoms with E-state index in [0.717, 1.165) is 23.1 Å². The van der Waals surface area contributed by atoms with Crippen molar-refractivity contribution in [3.8, 4) is 0 Å². The zero-order valence-corrected chi connectivity index (χ0v) is 14.3. The molecule has 2 aliphatic rings. The normalized spacial score (nSPS) is 17.0. The quantitative estimate of drug-likeness (QED) is 0.865. The predicted octanol–water partition coefficient (Wildman–Crippen LogP) is 2.89. The van der Waals surface area contributed by atoms with Gasteiger partial charge in [-0.25, -0.2) is 4.98 Å². The van der Waals surface area contributed by atoms with E-state index >= 15 is 0 Å². The van der Waals surface area contributed by atoms with E-state index in [1.54, 1.807) is 30.9 Å². The molecule has 0 unspecified atom stereocenters. The van der Waals surface area contributed by atoms with Gasteiger partial charge in [0.25, 0.3) is 0 Å². The van der Waals surface area contributed by atoms with E-state index in [1.807, 2.05) is 17.0 Å². The molecule has 6 nitrogen and oxygen atoms in total. The van der Waals surface area contributed by atoms with E-state index in [9.17, 15) is 9.59 Å². The number of anilines is 1. The Kier molecular flexibility index (Phi) is 4.39. The molecule has 0 fully saturated rings. The molecule has 0 bridgehead atoms. The van der Waals surface area contributed by atoms with E-state index in [4.69, 9.17) is 4.42 Å². The van der Waals surface area contributed by atoms with Crippen LogP contribution in [0.4, 0.5) is 5.82 Å². The molecule has 4 rings (SSSR count). The Morgan fingerprint density at radius 3 is 3.00 bits per heavy atom. The van der Waals surface area contributed by atoms with E-state index in [1.165, 1.54) is 5.57 Å². The van der Waals surface area contributed by atoms with Crippen LogP contribution in [0.5, 0.6) is 0 Å². The second-order valence-electron chi connectivity index (χ2n) is 6.43. The summed E-state index contributed by atoms with van der Waals surface area (Å²) in [4.78, 5) is 29.9. The van der Waals surface area contributed by atoms with Crippen LogP contribution in [0.1, 0.15) is 29.5 Å². The molecular weight excluding hydrogens is 330 g/mol. The van der Waals surface area contributed by atoms with E-state index in [0.29, 0.717) is 31.7 Å². The molecule has 132 valence electrons. The maximum absolute atomic E-state index is 12.4. The SMILES string of the molecule is O=C1CCc2cc(/C=C/C(=O)N3CC=C(c4ccoc4)CC3)cnc2N1. The first kappa shape index (κ1) is 16.3. The number of amides is 2. The van der Waals surface area contributed by atoms with Crippen molar-refractivity contribution in [2.45, 2.75) is 19.3 Å². The van der Waals surface area contributed by atoms with E-state index in [-0.39, 0.29) is 11.8 Å². The van der Waals surface area contributed by atoms with Crippen molar-refractivity contribution in [3.05, 3.63) is 59.7 Å². The standard InChI is InChI=1S/C20H19N3O3/c24-18-3-2-16-11-14(12-21-20(16)22-18)1-4-19(25)23-8-5-15(6-9-23)17-7-10-26-13-17/h1,4-5,7,10-13H,2-3,6,8-9H2,(H,21,22,24)/b4-1+. The number of nitrogens with one attached hydrogen (secondary N) is 1. The van der Waals surface area contributed by atoms with Gasteiger partial charge in [-0.3, -0.25) is 9.59 Å². The molecular formula is C20H19N3O3. The van der Waals surface area contributed by atoms with Crippen molar-refractivity contribution >= 4 is 29.3 Å². The van der Waals surface area contributed by atoms with Crippen LogP contribution in [-0.4, -0.2) is 34.8 Å². The van der Waals surface area contributed by atoms with Crippen molar-refractivity contribution in [1.29, 1.82) is 0 Å². The minimum absolute atomic E-state index is 0.00332. The Hall–Kier alpha value is -3.15. The van der Waals surface area contributed by atoms with Gasteiger partial charge in [0.2, 0.25) is 11.8 Å². The van der Waals surface area contributed by atoms with Crippen molar-refractivity contribution in [2.24, 2.45) is 0 Å². The number of fused-ring (bicyclic) bond motifs is 1. The number of aryl methyl sites for hydroxylation is 1. The van der Waals surface area contributed by atoms with Gasteiger partial charge in [-0.15, -0.1) is 0 Å². The number of pyridine rings is 1. The molecule has 1 N–H and O–H groups in total. The van der Waals surface area contributed by atoms with Gasteiger partial charge in [-0.05, 0) is 47.8 Å². The summed E-state index contributed by atoms with van der Waals surface area (Å²) in [5, 5.41) is 2.76. The van der Waals surface area contributed by atoms with Crippen LogP contribution < -0.4 is 5.32 Å². The second kappa shape index (κ2) is 7.00. The zero-order chi connectivity index (χ0) is 17.9. The molecule has 0 atom stereocenters. The summed E-state index contributed by atoms with van der Waals surface area (Å²) >= 11 is 0. The Balaban J connectivity index is 1.40. The van der Waals surface area contributed by atoms with Gasteiger partial charge in [0.15, 0.2) is 0 Å². The predicted molar refractivity (Wildman–Crippen MR) is 98.1 cm³/mol. The zero-order valence-electron chi connectivity index (χ0n) is 14.3. The number of rotatable bonds is 3. The first-order valence-corrected chi connectivity index (χ1v) is 8.66. The molecule has 2 aromatic rings. The Morgan fingerprint density at radius 1 is 1.31 bits per heavy atom. The number of furan rings is 1. The van der Waals surface area contributed by atoms with Gasteiger partial charge in [0.1, 0.15) is 5.82 Å². The van der Waals surface area contributed by atoms with Crippen molar-refractivity contribution in [2.75, 3.05) is 18.4 Å². The van der Waals surface area contributed by atoms with Gasteiger partial charge < -0.3 is 14.6 Å². The summed E-state index contributed by atoms with van der Waals surface area (Å²) in [6, 6.07) is 3.91. The second-order valence-corrected chi connectivity index (χ2v) is 6.43. The lowest BCUT2D eigenvalue weighted by Gasteiger charge is -2.25. The van der Waals surface area contributed by atoms with Crippen LogP contribution in [-0.2, 0) is 16.0 Å². The van der Waals surface area contributed by atoms with Crippen molar-refractivity contribution in [3.63, 3.8) is 0 Å². The van der Waals surface area contributed by atoms with Gasteiger partial charge in [-0.2, -0.15) is 0 Å². The molecule has 6 heteroatoms. The van der Waals surface area contributed by atoms with Crippen LogP contribution in [0, 0.1) is 0 Å². The summed E-state index contributed by atoms with van der Waals surface area (Å²) in [6.07, 6.45) is 12.5. The fraction of sp³-hybridized carbons (Fsp3) is 0.250. The van der Waals surface area contributed by atoms with Gasteiger partial charge in [-0.1, -0.05) is 6.08 Å². The minimum atomic E-state index is -0.0153. The number of hydrogen-bond donors (Lipinski definition) is 1. The highest BCUT2D eigenvalue weighted by atomic mass is 16.3. The van der Waals surface area contributed by atoms with Gasteiger partial charge in [0.05, 0.1) is 12.5 Å². The van der Waals surface area contributed by atoms with Gasteiger partial charge in [0, 0.05) is 37.3 Å². The Morgan fingerprint density at radius 2 is 2.23 bits per heavy atom. The summed E-state index contributed by atoms with van der Waals surface area (Å²) in [5.41, 5.74) is 4.16. The molecule has 2 amide bonds. The average Bonchev–Trinajstić information content (AvgIpc) is 3.21. The van der Waals surface area contributed by atoms with Crippen LogP contribution in [0.2, 0.25) is 0 Å². The molecule has 0 radical (unpaired) electrons. The van der Waals surface area contributed by atoms with Crippen LogP contribution in [0.15, 0.2) is 47.4 Å². The fourth-order valence-electron chi connectivity index (χ4n) is 3.22. The van der Waals surface area contributed by atoms with Crippen LogP contribution in [0.3, 0.4) is 0 Å². The smallest absolute Gasteiger partial charge is 0.246 e. The maximum Gasteiger partial charge on any atom is 0.246 e. The fourth-order valence-corrected chi connectivity index (χ4v) is 3.22. The summed E-state index contributed by atoms with van der Waals surface area (Å²) < 4.78 is 5.11. The van der Waals surface area contributed by atoms with Gasteiger partial charge >= 0.3 is 0 Å². The molecule has 0 spiro atoms. The average molecular weight is 349 g/mol. The first-order chi connectivity index (χ1) is 12.7. The lowest BCUT2D eigenvalue weighted by atomic mass is 10.0. The van der Waals surface area contributed by atoms with E-state index in [2.05, 4.69) is 16.4 Å². The molecule has 2 aliphatic heterocycles. The molecule has 4 heterocycles. The van der Waals surface area contributed by atoms with E-state index < -0.39 is 0 Å².